The molecule has 5 heteroatoms. The largest absolute Gasteiger partial charge is 0.387 e. The zero-order valence-corrected chi connectivity index (χ0v) is 10.2. The third-order valence-corrected chi connectivity index (χ3v) is 2.52. The number of hydrogen-bond donors (Lipinski definition) is 3. The topological polar surface area (TPSA) is 84.1 Å². The van der Waals surface area contributed by atoms with Crippen LogP contribution in [0.15, 0.2) is 36.4 Å². The maximum absolute atomic E-state index is 9.98. The van der Waals surface area contributed by atoms with Gasteiger partial charge in [-0.3, -0.25) is 0 Å². The van der Waals surface area contributed by atoms with Crippen LogP contribution in [-0.4, -0.2) is 21.6 Å². The first-order chi connectivity index (χ1) is 8.65. The van der Waals surface area contributed by atoms with Crippen LogP contribution in [0.2, 0.25) is 0 Å². The number of hydrogen-bond acceptors (Lipinski definition) is 5. The quantitative estimate of drug-likeness (QED) is 0.759. The van der Waals surface area contributed by atoms with Gasteiger partial charge in [-0.2, -0.15) is 0 Å². The molecule has 1 aromatic carbocycles. The number of nitrogens with two attached hydrogens (primary N) is 1. The van der Waals surface area contributed by atoms with Crippen molar-refractivity contribution >= 4 is 11.6 Å². The molecule has 1 unspecified atom stereocenters. The predicted molar refractivity (Wildman–Crippen MR) is 71.1 cm³/mol. The van der Waals surface area contributed by atoms with Crippen LogP contribution in [0.3, 0.4) is 0 Å². The summed E-state index contributed by atoms with van der Waals surface area (Å²) < 4.78 is 0. The van der Waals surface area contributed by atoms with E-state index in [1.165, 1.54) is 0 Å². The van der Waals surface area contributed by atoms with Gasteiger partial charge >= 0.3 is 0 Å². The van der Waals surface area contributed by atoms with Crippen LogP contribution in [0.4, 0.5) is 11.6 Å². The lowest BCUT2D eigenvalue weighted by Gasteiger charge is -2.13. The maximum Gasteiger partial charge on any atom is 0.131 e. The Morgan fingerprint density at radius 3 is 2.67 bits per heavy atom. The van der Waals surface area contributed by atoms with E-state index in [1.807, 2.05) is 30.3 Å². The van der Waals surface area contributed by atoms with Crippen LogP contribution in [0.5, 0.6) is 0 Å². The van der Waals surface area contributed by atoms with Gasteiger partial charge in [0.15, 0.2) is 0 Å². The summed E-state index contributed by atoms with van der Waals surface area (Å²) in [6, 6.07) is 11.1. The minimum atomic E-state index is -0.581. The first-order valence-electron chi connectivity index (χ1n) is 5.73. The molecule has 94 valence electrons. The van der Waals surface area contributed by atoms with Gasteiger partial charge in [-0.1, -0.05) is 30.3 Å². The van der Waals surface area contributed by atoms with E-state index in [-0.39, 0.29) is 0 Å². The Kier molecular flexibility index (Phi) is 3.74. The molecule has 4 N–H and O–H groups in total. The fourth-order valence-electron chi connectivity index (χ4n) is 1.68. The Balaban J connectivity index is 1.99. The van der Waals surface area contributed by atoms with Crippen LogP contribution >= 0.6 is 0 Å². The van der Waals surface area contributed by atoms with Gasteiger partial charge in [0, 0.05) is 12.6 Å². The smallest absolute Gasteiger partial charge is 0.131 e. The van der Waals surface area contributed by atoms with Gasteiger partial charge in [0.25, 0.3) is 0 Å². The number of aromatic nitrogens is 2. The number of aliphatic hydroxyl groups excluding tert-OH is 1. The van der Waals surface area contributed by atoms with Crippen molar-refractivity contribution in [2.45, 2.75) is 13.0 Å². The van der Waals surface area contributed by atoms with Crippen LogP contribution in [-0.2, 0) is 0 Å². The maximum atomic E-state index is 9.98. The van der Waals surface area contributed by atoms with Crippen LogP contribution in [0, 0.1) is 6.92 Å². The molecular formula is C13H16N4O. The zero-order valence-electron chi connectivity index (χ0n) is 10.2. The predicted octanol–water partition coefficient (Wildman–Crippen LogP) is 1.51. The van der Waals surface area contributed by atoms with Crippen LogP contribution < -0.4 is 11.1 Å². The summed E-state index contributed by atoms with van der Waals surface area (Å²) in [6.07, 6.45) is -0.581. The molecular weight excluding hydrogens is 228 g/mol. The van der Waals surface area contributed by atoms with E-state index in [0.717, 1.165) is 5.56 Å². The summed E-state index contributed by atoms with van der Waals surface area (Å²) in [5, 5.41) is 13.0. The molecule has 0 saturated carbocycles. The third-order valence-electron chi connectivity index (χ3n) is 2.52. The molecule has 0 saturated heterocycles. The standard InChI is InChI=1S/C13H16N4O/c1-9-16-12(14)7-13(17-9)15-8-11(18)10-5-3-2-4-6-10/h2-7,11,18H,8H2,1H3,(H3,14,15,16,17). The van der Waals surface area contributed by atoms with Gasteiger partial charge in [0.1, 0.15) is 17.5 Å². The molecule has 1 aromatic heterocycles. The van der Waals surface area contributed by atoms with Crippen molar-refractivity contribution < 1.29 is 5.11 Å². The molecule has 2 rings (SSSR count). The van der Waals surface area contributed by atoms with Crippen LogP contribution in [0.25, 0.3) is 0 Å². The van der Waals surface area contributed by atoms with Gasteiger partial charge in [-0.15, -0.1) is 0 Å². The summed E-state index contributed by atoms with van der Waals surface area (Å²) in [6.45, 7) is 2.15. The Bertz CT molecular complexity index is 495. The second-order valence-corrected chi connectivity index (χ2v) is 4.03. The fraction of sp³-hybridized carbons (Fsp3) is 0.231. The summed E-state index contributed by atoms with van der Waals surface area (Å²) >= 11 is 0. The summed E-state index contributed by atoms with van der Waals surface area (Å²) in [5.41, 5.74) is 6.49. The van der Waals surface area contributed by atoms with E-state index in [1.54, 1.807) is 13.0 Å². The van der Waals surface area contributed by atoms with Crippen molar-refractivity contribution in [1.82, 2.24) is 9.97 Å². The number of aryl methyl sites for hydroxylation is 1. The highest BCUT2D eigenvalue weighted by molar-refractivity contribution is 5.44. The van der Waals surface area contributed by atoms with Gasteiger partial charge in [-0.05, 0) is 12.5 Å². The minimum Gasteiger partial charge on any atom is -0.387 e. The SMILES string of the molecule is Cc1nc(N)cc(NCC(O)c2ccccc2)n1. The van der Waals surface area contributed by atoms with E-state index >= 15 is 0 Å². The van der Waals surface area contributed by atoms with E-state index < -0.39 is 6.10 Å². The lowest BCUT2D eigenvalue weighted by atomic mass is 10.1. The zero-order chi connectivity index (χ0) is 13.0. The van der Waals surface area contributed by atoms with Crippen molar-refractivity contribution in [2.75, 3.05) is 17.6 Å². The molecule has 0 aliphatic heterocycles. The average molecular weight is 244 g/mol. The normalized spacial score (nSPS) is 12.1. The minimum absolute atomic E-state index is 0.375. The first kappa shape index (κ1) is 12.3. The number of anilines is 2. The molecule has 0 aliphatic rings. The molecule has 18 heavy (non-hydrogen) atoms. The highest BCUT2D eigenvalue weighted by atomic mass is 16.3. The monoisotopic (exact) mass is 244 g/mol. The molecule has 2 aromatic rings. The van der Waals surface area contributed by atoms with Gasteiger partial charge < -0.3 is 16.2 Å². The number of nitrogen functional groups attached to an aromatic ring is 1. The second kappa shape index (κ2) is 5.46. The lowest BCUT2D eigenvalue weighted by molar-refractivity contribution is 0.191. The first-order valence-corrected chi connectivity index (χ1v) is 5.73. The van der Waals surface area contributed by atoms with E-state index in [9.17, 15) is 5.11 Å². The highest BCUT2D eigenvalue weighted by Gasteiger charge is 2.07. The lowest BCUT2D eigenvalue weighted by Crippen LogP contribution is -2.13. The second-order valence-electron chi connectivity index (χ2n) is 4.03. The Morgan fingerprint density at radius 1 is 1.28 bits per heavy atom. The van der Waals surface area contributed by atoms with E-state index in [4.69, 9.17) is 5.73 Å². The number of nitrogens with one attached hydrogen (secondary N) is 1. The molecule has 0 aliphatic carbocycles. The number of nitrogens with zero attached hydrogens (tertiary/aromatic N) is 2. The molecule has 0 bridgehead atoms. The van der Waals surface area contributed by atoms with Crippen molar-refractivity contribution in [2.24, 2.45) is 0 Å². The summed E-state index contributed by atoms with van der Waals surface area (Å²) in [5.74, 6) is 1.64. The highest BCUT2D eigenvalue weighted by Crippen LogP contribution is 2.14. The molecule has 1 atom stereocenters. The Hall–Kier alpha value is -2.14. The van der Waals surface area contributed by atoms with Gasteiger partial charge in [0.2, 0.25) is 0 Å². The molecule has 0 amide bonds. The Labute approximate surface area is 106 Å². The number of rotatable bonds is 4. The molecule has 0 spiro atoms. The van der Waals surface area contributed by atoms with Crippen molar-refractivity contribution in [3.05, 3.63) is 47.8 Å². The molecule has 1 heterocycles. The molecule has 5 nitrogen and oxygen atoms in total. The van der Waals surface area contributed by atoms with Crippen molar-refractivity contribution in [3.63, 3.8) is 0 Å². The summed E-state index contributed by atoms with van der Waals surface area (Å²) in [7, 11) is 0. The van der Waals surface area contributed by atoms with Crippen molar-refractivity contribution in [1.29, 1.82) is 0 Å². The van der Waals surface area contributed by atoms with Crippen LogP contribution in [0.1, 0.15) is 17.5 Å². The molecule has 0 fully saturated rings. The average Bonchev–Trinajstić information content (AvgIpc) is 2.36. The van der Waals surface area contributed by atoms with Gasteiger partial charge in [-0.25, -0.2) is 9.97 Å². The number of aliphatic hydroxyl groups is 1. The molecule has 0 radical (unpaired) electrons. The third kappa shape index (κ3) is 3.18. The van der Waals surface area contributed by atoms with Gasteiger partial charge in [0.05, 0.1) is 6.10 Å². The van der Waals surface area contributed by atoms with Crippen molar-refractivity contribution in [3.8, 4) is 0 Å². The Morgan fingerprint density at radius 2 is 2.00 bits per heavy atom. The van der Waals surface area contributed by atoms with E-state index in [0.29, 0.717) is 24.0 Å². The number of benzene rings is 1. The summed E-state index contributed by atoms with van der Waals surface area (Å²) in [4.78, 5) is 8.17. The fourth-order valence-corrected chi connectivity index (χ4v) is 1.68. The van der Waals surface area contributed by atoms with E-state index in [2.05, 4.69) is 15.3 Å².